The van der Waals surface area contributed by atoms with Crippen LogP contribution in [0, 0.1) is 0 Å². The van der Waals surface area contributed by atoms with Gasteiger partial charge in [-0.15, -0.1) is 6.58 Å². The molecule has 1 N–H and O–H groups in total. The Bertz CT molecular complexity index is 398. The number of carbonyl (C=O) groups is 1. The SMILES string of the molecule is C=CCc1cc(OCCOC(C)=O)ccc1O. The zero-order chi connectivity index (χ0) is 12.7. The summed E-state index contributed by atoms with van der Waals surface area (Å²) in [6.07, 6.45) is 2.28. The molecule has 1 aromatic carbocycles. The molecule has 4 nitrogen and oxygen atoms in total. The molecule has 0 amide bonds. The van der Waals surface area contributed by atoms with Crippen LogP contribution in [-0.4, -0.2) is 24.3 Å². The summed E-state index contributed by atoms with van der Waals surface area (Å²) >= 11 is 0. The van der Waals surface area contributed by atoms with Crippen molar-refractivity contribution in [2.75, 3.05) is 13.2 Å². The van der Waals surface area contributed by atoms with E-state index in [4.69, 9.17) is 9.47 Å². The molecule has 1 aromatic rings. The first-order chi connectivity index (χ1) is 8.13. The average molecular weight is 236 g/mol. The molecule has 0 aliphatic carbocycles. The lowest BCUT2D eigenvalue weighted by Crippen LogP contribution is -2.09. The van der Waals surface area contributed by atoms with E-state index in [2.05, 4.69) is 6.58 Å². The third-order valence-corrected chi connectivity index (χ3v) is 2.07. The average Bonchev–Trinajstić information content (AvgIpc) is 2.28. The molecule has 0 saturated heterocycles. The molecule has 0 saturated carbocycles. The standard InChI is InChI=1S/C13H16O4/c1-3-4-11-9-12(5-6-13(11)15)17-8-7-16-10(2)14/h3,5-6,9,15H,1,4,7-8H2,2H3. The molecule has 0 aliphatic rings. The van der Waals surface area contributed by atoms with Crippen molar-refractivity contribution >= 4 is 5.97 Å². The van der Waals surface area contributed by atoms with Crippen LogP contribution >= 0.6 is 0 Å². The van der Waals surface area contributed by atoms with Gasteiger partial charge in [-0.1, -0.05) is 6.08 Å². The van der Waals surface area contributed by atoms with Crippen molar-refractivity contribution in [3.8, 4) is 11.5 Å². The van der Waals surface area contributed by atoms with Gasteiger partial charge in [-0.05, 0) is 24.6 Å². The molecule has 0 radical (unpaired) electrons. The summed E-state index contributed by atoms with van der Waals surface area (Å²) in [7, 11) is 0. The molecular formula is C13H16O4. The number of rotatable bonds is 6. The Morgan fingerprint density at radius 2 is 2.24 bits per heavy atom. The van der Waals surface area contributed by atoms with E-state index < -0.39 is 0 Å². The fourth-order valence-electron chi connectivity index (χ4n) is 1.32. The van der Waals surface area contributed by atoms with E-state index >= 15 is 0 Å². The lowest BCUT2D eigenvalue weighted by molar-refractivity contribution is -0.141. The van der Waals surface area contributed by atoms with Gasteiger partial charge in [0.1, 0.15) is 24.7 Å². The van der Waals surface area contributed by atoms with Crippen molar-refractivity contribution in [1.82, 2.24) is 0 Å². The molecule has 17 heavy (non-hydrogen) atoms. The summed E-state index contributed by atoms with van der Waals surface area (Å²) in [6.45, 7) is 5.47. The number of hydrogen-bond acceptors (Lipinski definition) is 4. The third kappa shape index (κ3) is 4.59. The van der Waals surface area contributed by atoms with Crippen LogP contribution in [0.1, 0.15) is 12.5 Å². The summed E-state index contributed by atoms with van der Waals surface area (Å²) in [6, 6.07) is 4.97. The number of phenolic OH excluding ortho intramolecular Hbond substituents is 1. The molecule has 0 bridgehead atoms. The number of aromatic hydroxyl groups is 1. The Labute approximate surface area is 100 Å². The number of carbonyl (C=O) groups excluding carboxylic acids is 1. The predicted octanol–water partition coefficient (Wildman–Crippen LogP) is 2.06. The van der Waals surface area contributed by atoms with Gasteiger partial charge < -0.3 is 14.6 Å². The highest BCUT2D eigenvalue weighted by Crippen LogP contribution is 2.23. The van der Waals surface area contributed by atoms with Crippen molar-refractivity contribution in [3.05, 3.63) is 36.4 Å². The second-order valence-electron chi connectivity index (χ2n) is 3.47. The number of hydrogen-bond donors (Lipinski definition) is 1. The molecule has 0 fully saturated rings. The van der Waals surface area contributed by atoms with Gasteiger partial charge in [-0.3, -0.25) is 4.79 Å². The molecule has 4 heteroatoms. The quantitative estimate of drug-likeness (QED) is 0.466. The predicted molar refractivity (Wildman–Crippen MR) is 64.1 cm³/mol. The van der Waals surface area contributed by atoms with Gasteiger partial charge in [-0.25, -0.2) is 0 Å². The molecule has 92 valence electrons. The van der Waals surface area contributed by atoms with E-state index in [1.807, 2.05) is 0 Å². The number of allylic oxidation sites excluding steroid dienone is 1. The molecule has 0 aliphatic heterocycles. The third-order valence-electron chi connectivity index (χ3n) is 2.07. The Hall–Kier alpha value is -1.97. The summed E-state index contributed by atoms with van der Waals surface area (Å²) < 4.78 is 10.1. The lowest BCUT2D eigenvalue weighted by Gasteiger charge is -2.08. The highest BCUT2D eigenvalue weighted by molar-refractivity contribution is 5.65. The summed E-state index contributed by atoms with van der Waals surface area (Å²) in [5.41, 5.74) is 0.755. The lowest BCUT2D eigenvalue weighted by atomic mass is 10.1. The minimum absolute atomic E-state index is 0.215. The van der Waals surface area contributed by atoms with Crippen molar-refractivity contribution < 1.29 is 19.4 Å². The summed E-state index contributed by atoms with van der Waals surface area (Å²) in [4.78, 5) is 10.5. The monoisotopic (exact) mass is 236 g/mol. The van der Waals surface area contributed by atoms with Crippen molar-refractivity contribution in [3.63, 3.8) is 0 Å². The van der Waals surface area contributed by atoms with Crippen LogP contribution in [-0.2, 0) is 16.0 Å². The smallest absolute Gasteiger partial charge is 0.302 e. The van der Waals surface area contributed by atoms with E-state index in [1.54, 1.807) is 24.3 Å². The van der Waals surface area contributed by atoms with E-state index in [1.165, 1.54) is 6.92 Å². The zero-order valence-electron chi connectivity index (χ0n) is 9.81. The number of benzene rings is 1. The van der Waals surface area contributed by atoms with Gasteiger partial charge in [0.15, 0.2) is 0 Å². The van der Waals surface area contributed by atoms with Crippen LogP contribution in [0.25, 0.3) is 0 Å². The van der Waals surface area contributed by atoms with E-state index in [9.17, 15) is 9.90 Å². The van der Waals surface area contributed by atoms with Crippen LogP contribution in [0.3, 0.4) is 0 Å². The van der Waals surface area contributed by atoms with Gasteiger partial charge in [0.05, 0.1) is 0 Å². The fraction of sp³-hybridized carbons (Fsp3) is 0.308. The maximum atomic E-state index is 10.5. The minimum Gasteiger partial charge on any atom is -0.508 e. The van der Waals surface area contributed by atoms with E-state index in [0.717, 1.165) is 5.56 Å². The normalized spacial score (nSPS) is 9.71. The first kappa shape index (κ1) is 13.1. The van der Waals surface area contributed by atoms with Crippen LogP contribution in [0.15, 0.2) is 30.9 Å². The molecule has 0 aromatic heterocycles. The molecule has 1 rings (SSSR count). The van der Waals surface area contributed by atoms with Gasteiger partial charge in [0, 0.05) is 12.5 Å². The molecule has 0 atom stereocenters. The van der Waals surface area contributed by atoms with Crippen molar-refractivity contribution in [2.45, 2.75) is 13.3 Å². The second kappa shape index (κ2) is 6.58. The van der Waals surface area contributed by atoms with Gasteiger partial charge in [-0.2, -0.15) is 0 Å². The highest BCUT2D eigenvalue weighted by Gasteiger charge is 2.02. The van der Waals surface area contributed by atoms with Gasteiger partial charge in [0.25, 0.3) is 0 Å². The van der Waals surface area contributed by atoms with Crippen LogP contribution in [0.5, 0.6) is 11.5 Å². The van der Waals surface area contributed by atoms with E-state index in [-0.39, 0.29) is 24.9 Å². The number of phenols is 1. The van der Waals surface area contributed by atoms with Crippen molar-refractivity contribution in [1.29, 1.82) is 0 Å². The fourth-order valence-corrected chi connectivity index (χ4v) is 1.32. The Morgan fingerprint density at radius 1 is 1.47 bits per heavy atom. The summed E-state index contributed by atoms with van der Waals surface area (Å²) in [5.74, 6) is 0.524. The first-order valence-electron chi connectivity index (χ1n) is 5.32. The van der Waals surface area contributed by atoms with Crippen LogP contribution in [0.2, 0.25) is 0 Å². The zero-order valence-corrected chi connectivity index (χ0v) is 9.81. The Morgan fingerprint density at radius 3 is 2.88 bits per heavy atom. The summed E-state index contributed by atoms with van der Waals surface area (Å²) in [5, 5.41) is 9.54. The first-order valence-corrected chi connectivity index (χ1v) is 5.32. The molecular weight excluding hydrogens is 220 g/mol. The van der Waals surface area contributed by atoms with Crippen LogP contribution < -0.4 is 4.74 Å². The topological polar surface area (TPSA) is 55.8 Å². The minimum atomic E-state index is -0.327. The highest BCUT2D eigenvalue weighted by atomic mass is 16.6. The van der Waals surface area contributed by atoms with E-state index in [0.29, 0.717) is 12.2 Å². The largest absolute Gasteiger partial charge is 0.508 e. The van der Waals surface area contributed by atoms with Crippen LogP contribution in [0.4, 0.5) is 0 Å². The molecule has 0 heterocycles. The maximum Gasteiger partial charge on any atom is 0.302 e. The number of esters is 1. The van der Waals surface area contributed by atoms with Crippen molar-refractivity contribution in [2.24, 2.45) is 0 Å². The van der Waals surface area contributed by atoms with Gasteiger partial charge in [0.2, 0.25) is 0 Å². The number of ether oxygens (including phenoxy) is 2. The Balaban J connectivity index is 2.50. The second-order valence-corrected chi connectivity index (χ2v) is 3.47. The Kier molecular flexibility index (Phi) is 5.07. The molecule has 0 unspecified atom stereocenters. The molecule has 0 spiro atoms. The van der Waals surface area contributed by atoms with Gasteiger partial charge >= 0.3 is 5.97 Å². The maximum absolute atomic E-state index is 10.5.